The van der Waals surface area contributed by atoms with E-state index in [4.69, 9.17) is 31.3 Å². The van der Waals surface area contributed by atoms with Gasteiger partial charge >= 0.3 is 41.8 Å². The molecule has 0 aromatic rings. The summed E-state index contributed by atoms with van der Waals surface area (Å²) in [6.45, 7) is -2.27. The van der Waals surface area contributed by atoms with E-state index in [1.807, 2.05) is 31.9 Å². The zero-order valence-corrected chi connectivity index (χ0v) is 29.0. The molecule has 0 fully saturated rings. The van der Waals surface area contributed by atoms with Crippen LogP contribution in [-0.4, -0.2) is 168 Å². The topological polar surface area (TPSA) is 491 Å². The predicted octanol–water partition coefficient (Wildman–Crippen LogP) is -8.10. The Morgan fingerprint density at radius 2 is 0.614 bits per heavy atom. The van der Waals surface area contributed by atoms with Crippen molar-refractivity contribution >= 4 is 83.1 Å². The lowest BCUT2D eigenvalue weighted by Crippen LogP contribution is -2.57. The van der Waals surface area contributed by atoms with Gasteiger partial charge in [-0.3, -0.25) is 62.3 Å². The Labute approximate surface area is 317 Å². The number of carboxylic acids is 7. The van der Waals surface area contributed by atoms with Gasteiger partial charge in [-0.1, -0.05) is 0 Å². The molecule has 6 atom stereocenters. The zero-order chi connectivity index (χ0) is 44.2. The fraction of sp³-hybridized carbons (Fsp3) is 0.500. The molecule has 0 bridgehead atoms. The number of hydrogen-bond donors (Lipinski definition) is 15. The molecule has 0 aromatic heterocycles. The molecule has 0 saturated heterocycles. The quantitative estimate of drug-likeness (QED) is 0.0366. The summed E-state index contributed by atoms with van der Waals surface area (Å²) in [6.07, 6.45) is -6.77. The average Bonchev–Trinajstić information content (AvgIpc) is 3.06. The van der Waals surface area contributed by atoms with E-state index in [1.165, 1.54) is 0 Å². The summed E-state index contributed by atoms with van der Waals surface area (Å²) < 4.78 is 0. The molecule has 0 aliphatic rings. The molecule has 0 heterocycles. The Kier molecular flexibility index (Phi) is 20.9. The number of nitrogens with one attached hydrogen (secondary N) is 7. The van der Waals surface area contributed by atoms with Crippen LogP contribution in [0.3, 0.4) is 0 Å². The number of carboxylic acid groups (broad SMARTS) is 7. The van der Waals surface area contributed by atoms with Crippen molar-refractivity contribution in [1.29, 1.82) is 0 Å². The van der Waals surface area contributed by atoms with E-state index in [0.717, 1.165) is 0 Å². The van der Waals surface area contributed by atoms with Crippen LogP contribution in [0, 0.1) is 0 Å². The third kappa shape index (κ3) is 21.1. The molecule has 29 nitrogen and oxygen atoms in total. The van der Waals surface area contributed by atoms with Gasteiger partial charge in [0, 0.05) is 0 Å². The SMILES string of the molecule is N[C@@H](CC(=O)O)C(=O)N[C@@H](CC(=O)O)C(=O)NCC(=O)N[C@@H](CC(=O)O)C(=O)N[C@@H](CC(=O)O)C(=O)NCC(=O)N[C@@H](CC(=O)O)C(=O)N[C@@H](CC(=O)O)C(=O)O. The molecule has 0 rings (SSSR count). The van der Waals surface area contributed by atoms with Crippen molar-refractivity contribution in [3.05, 3.63) is 0 Å². The summed E-state index contributed by atoms with van der Waals surface area (Å²) in [4.78, 5) is 166. The highest BCUT2D eigenvalue weighted by atomic mass is 16.4. The fourth-order valence-electron chi connectivity index (χ4n) is 4.09. The minimum absolute atomic E-state index is 0.904. The lowest BCUT2D eigenvalue weighted by Gasteiger charge is -2.22. The Morgan fingerprint density at radius 1 is 0.351 bits per heavy atom. The number of hydrogen-bond acceptors (Lipinski definition) is 15. The normalized spacial score (nSPS) is 13.6. The number of rotatable bonds is 27. The number of carbonyl (C=O) groups excluding carboxylic acids is 7. The van der Waals surface area contributed by atoms with Crippen LogP contribution < -0.4 is 43.0 Å². The van der Waals surface area contributed by atoms with E-state index >= 15 is 0 Å². The predicted molar refractivity (Wildman–Crippen MR) is 175 cm³/mol. The van der Waals surface area contributed by atoms with E-state index < -0.39 is 171 Å². The summed E-state index contributed by atoms with van der Waals surface area (Å²) >= 11 is 0. The van der Waals surface area contributed by atoms with Crippen molar-refractivity contribution in [2.24, 2.45) is 5.73 Å². The van der Waals surface area contributed by atoms with Crippen molar-refractivity contribution in [2.45, 2.75) is 74.8 Å². The maximum atomic E-state index is 12.9. The van der Waals surface area contributed by atoms with Gasteiger partial charge in [0.2, 0.25) is 41.4 Å². The van der Waals surface area contributed by atoms with Crippen LogP contribution in [0.1, 0.15) is 38.5 Å². The minimum Gasteiger partial charge on any atom is -0.481 e. The summed E-state index contributed by atoms with van der Waals surface area (Å²) in [5.41, 5.74) is 5.37. The van der Waals surface area contributed by atoms with E-state index in [2.05, 4.69) is 0 Å². The smallest absolute Gasteiger partial charge is 0.326 e. The first kappa shape index (κ1) is 49.5. The molecule has 0 aliphatic heterocycles. The van der Waals surface area contributed by atoms with Crippen LogP contribution in [0.15, 0.2) is 0 Å². The third-order valence-corrected chi connectivity index (χ3v) is 6.66. The summed E-state index contributed by atoms with van der Waals surface area (Å²) in [5, 5.41) is 76.1. The monoisotopic (exact) mass is 822 g/mol. The van der Waals surface area contributed by atoms with E-state index in [0.29, 0.717) is 0 Å². The molecule has 0 aromatic carbocycles. The number of nitrogens with two attached hydrogens (primary N) is 1. The second-order valence-corrected chi connectivity index (χ2v) is 11.4. The molecule has 0 aliphatic carbocycles. The largest absolute Gasteiger partial charge is 0.481 e. The van der Waals surface area contributed by atoms with Gasteiger partial charge in [-0.25, -0.2) is 4.79 Å². The van der Waals surface area contributed by atoms with Crippen molar-refractivity contribution in [2.75, 3.05) is 13.1 Å². The van der Waals surface area contributed by atoms with Crippen LogP contribution in [0.25, 0.3) is 0 Å². The molecule has 0 unspecified atom stereocenters. The fourth-order valence-corrected chi connectivity index (χ4v) is 4.09. The van der Waals surface area contributed by atoms with Gasteiger partial charge in [0.05, 0.1) is 57.7 Å². The zero-order valence-electron chi connectivity index (χ0n) is 29.0. The number of aliphatic carboxylic acids is 7. The molecule has 316 valence electrons. The molecule has 16 N–H and O–H groups in total. The van der Waals surface area contributed by atoms with Gasteiger partial charge in [-0.05, 0) is 0 Å². The van der Waals surface area contributed by atoms with E-state index in [9.17, 15) is 77.3 Å². The Morgan fingerprint density at radius 3 is 0.912 bits per heavy atom. The molecule has 29 heteroatoms. The van der Waals surface area contributed by atoms with Crippen molar-refractivity contribution in [3.8, 4) is 0 Å². The first-order valence-electron chi connectivity index (χ1n) is 15.7. The molecule has 7 amide bonds. The lowest BCUT2D eigenvalue weighted by atomic mass is 10.1. The molecule has 0 saturated carbocycles. The third-order valence-electron chi connectivity index (χ3n) is 6.66. The van der Waals surface area contributed by atoms with Gasteiger partial charge in [0.15, 0.2) is 0 Å². The summed E-state index contributed by atoms with van der Waals surface area (Å²) in [7, 11) is 0. The summed E-state index contributed by atoms with van der Waals surface area (Å²) in [5.74, 6) is -21.5. The second kappa shape index (κ2) is 24.0. The lowest BCUT2D eigenvalue weighted by molar-refractivity contribution is -0.148. The van der Waals surface area contributed by atoms with Crippen molar-refractivity contribution in [3.63, 3.8) is 0 Å². The summed E-state index contributed by atoms with van der Waals surface area (Å²) in [6, 6.07) is -11.9. The highest BCUT2D eigenvalue weighted by Gasteiger charge is 2.33. The second-order valence-electron chi connectivity index (χ2n) is 11.4. The number of amides is 7. The highest BCUT2D eigenvalue weighted by Crippen LogP contribution is 2.02. The Balaban J connectivity index is 5.73. The van der Waals surface area contributed by atoms with Crippen LogP contribution >= 0.6 is 0 Å². The first-order valence-corrected chi connectivity index (χ1v) is 15.7. The Bertz CT molecular complexity index is 1630. The molecule has 57 heavy (non-hydrogen) atoms. The number of carbonyl (C=O) groups is 14. The Hall–Kier alpha value is -7.46. The molecule has 0 radical (unpaired) electrons. The van der Waals surface area contributed by atoms with Crippen molar-refractivity contribution in [1.82, 2.24) is 37.2 Å². The van der Waals surface area contributed by atoms with Crippen LogP contribution in [0.4, 0.5) is 0 Å². The van der Waals surface area contributed by atoms with Gasteiger partial charge in [0.1, 0.15) is 30.2 Å². The average molecular weight is 823 g/mol. The van der Waals surface area contributed by atoms with Crippen LogP contribution in [0.5, 0.6) is 0 Å². The van der Waals surface area contributed by atoms with Crippen molar-refractivity contribution < 1.29 is 103 Å². The van der Waals surface area contributed by atoms with Gasteiger partial charge < -0.3 is 78.7 Å². The molecular weight excluding hydrogens is 784 g/mol. The van der Waals surface area contributed by atoms with E-state index in [-0.39, 0.29) is 0 Å². The van der Waals surface area contributed by atoms with Crippen LogP contribution in [0.2, 0.25) is 0 Å². The first-order chi connectivity index (χ1) is 26.3. The maximum Gasteiger partial charge on any atom is 0.326 e. The maximum absolute atomic E-state index is 12.9. The molecular formula is C28H38N8O21. The highest BCUT2D eigenvalue weighted by molar-refractivity contribution is 5.99. The van der Waals surface area contributed by atoms with Crippen LogP contribution in [-0.2, 0) is 67.1 Å². The minimum atomic E-state index is -2.12. The van der Waals surface area contributed by atoms with E-state index in [1.54, 1.807) is 5.32 Å². The van der Waals surface area contributed by atoms with Gasteiger partial charge in [-0.2, -0.15) is 0 Å². The van der Waals surface area contributed by atoms with Gasteiger partial charge in [0.25, 0.3) is 0 Å². The van der Waals surface area contributed by atoms with Gasteiger partial charge in [-0.15, -0.1) is 0 Å². The molecule has 0 spiro atoms. The standard InChI is InChI=1S/C28H38N8O21/c29-9(1-17(39)40)23(51)34-10(2-18(41)42)24(52)30-7-15(37)32-12(4-20(45)46)26(54)35-11(3-19(43)44)25(53)31-8-16(38)33-13(5-21(47)48)27(55)36-14(28(56)57)6-22(49)50/h9-14H,1-8,29H2,(H,30,52)(H,31,53)(H,32,37)(H,33,38)(H,34,51)(H,35,54)(H,36,55)(H,39,40)(H,41,42)(H,43,44)(H,45,46)(H,47,48)(H,49,50)(H,56,57)/t9-,10-,11-,12-,13-,14-/m0/s1.